The molecule has 132 valence electrons. The van der Waals surface area contributed by atoms with Crippen molar-refractivity contribution in [3.05, 3.63) is 96.6 Å². The van der Waals surface area contributed by atoms with Crippen LogP contribution in [-0.4, -0.2) is 17.4 Å². The first-order valence-electron chi connectivity index (χ1n) is 9.10. The Hall–Kier alpha value is -3.46. The van der Waals surface area contributed by atoms with Gasteiger partial charge in [0.25, 0.3) is 5.91 Å². The van der Waals surface area contributed by atoms with Crippen LogP contribution in [-0.2, 0) is 0 Å². The van der Waals surface area contributed by atoms with Crippen LogP contribution in [0.4, 0.5) is 5.69 Å². The lowest BCUT2D eigenvalue weighted by Gasteiger charge is -2.22. The van der Waals surface area contributed by atoms with Crippen LogP contribution in [0.15, 0.2) is 91.0 Å². The van der Waals surface area contributed by atoms with Gasteiger partial charge in [0.15, 0.2) is 0 Å². The number of anilines is 1. The summed E-state index contributed by atoms with van der Waals surface area (Å²) in [5.41, 5.74) is 4.20. The van der Waals surface area contributed by atoms with Crippen LogP contribution in [0.5, 0.6) is 0 Å². The molecule has 0 aliphatic rings. The Kier molecular flexibility index (Phi) is 4.67. The molecule has 0 aliphatic carbocycles. The van der Waals surface area contributed by atoms with E-state index in [1.165, 1.54) is 0 Å². The van der Waals surface area contributed by atoms with Crippen molar-refractivity contribution in [2.24, 2.45) is 0 Å². The van der Waals surface area contributed by atoms with E-state index >= 15 is 0 Å². The second-order valence-electron chi connectivity index (χ2n) is 6.32. The quantitative estimate of drug-likeness (QED) is 0.481. The average molecular weight is 352 g/mol. The van der Waals surface area contributed by atoms with Crippen molar-refractivity contribution in [3.8, 4) is 11.3 Å². The van der Waals surface area contributed by atoms with Gasteiger partial charge in [-0.2, -0.15) is 0 Å². The summed E-state index contributed by atoms with van der Waals surface area (Å²) < 4.78 is 0. The molecule has 0 unspecified atom stereocenters. The molecule has 27 heavy (non-hydrogen) atoms. The number of benzene rings is 3. The molecule has 0 saturated carbocycles. The summed E-state index contributed by atoms with van der Waals surface area (Å²) in [6.07, 6.45) is 0. The molecule has 0 spiro atoms. The Morgan fingerprint density at radius 1 is 0.852 bits per heavy atom. The first-order valence-corrected chi connectivity index (χ1v) is 9.10. The lowest BCUT2D eigenvalue weighted by Crippen LogP contribution is -2.30. The summed E-state index contributed by atoms with van der Waals surface area (Å²) in [5.74, 6) is -0.0144. The summed E-state index contributed by atoms with van der Waals surface area (Å²) >= 11 is 0. The van der Waals surface area contributed by atoms with Crippen molar-refractivity contribution < 1.29 is 4.79 Å². The highest BCUT2D eigenvalue weighted by atomic mass is 16.2. The Labute approximate surface area is 158 Å². The number of aromatic nitrogens is 1. The van der Waals surface area contributed by atoms with Crippen LogP contribution in [0.3, 0.4) is 0 Å². The number of rotatable bonds is 4. The lowest BCUT2D eigenvalue weighted by molar-refractivity contribution is 0.0990. The minimum Gasteiger partial charge on any atom is -0.309 e. The van der Waals surface area contributed by atoms with Crippen LogP contribution in [0.25, 0.3) is 22.2 Å². The molecule has 0 atom stereocenters. The molecule has 0 saturated heterocycles. The predicted octanol–water partition coefficient (Wildman–Crippen LogP) is 5.57. The Morgan fingerprint density at radius 2 is 1.48 bits per heavy atom. The fraction of sp³-hybridized carbons (Fsp3) is 0.0833. The smallest absolute Gasteiger partial charge is 0.259 e. The van der Waals surface area contributed by atoms with Gasteiger partial charge in [0.2, 0.25) is 0 Å². The zero-order chi connectivity index (χ0) is 18.6. The maximum absolute atomic E-state index is 13.5. The molecule has 1 amide bonds. The third-order valence-corrected chi connectivity index (χ3v) is 4.65. The first-order chi connectivity index (χ1) is 13.3. The van der Waals surface area contributed by atoms with E-state index in [2.05, 4.69) is 0 Å². The summed E-state index contributed by atoms with van der Waals surface area (Å²) in [5, 5.41) is 0.872. The number of fused-ring (bicyclic) bond motifs is 1. The zero-order valence-corrected chi connectivity index (χ0v) is 15.2. The van der Waals surface area contributed by atoms with Gasteiger partial charge < -0.3 is 4.90 Å². The highest BCUT2D eigenvalue weighted by Gasteiger charge is 2.20. The predicted molar refractivity (Wildman–Crippen MR) is 111 cm³/mol. The molecule has 1 aromatic heterocycles. The van der Waals surface area contributed by atoms with Crippen LogP contribution in [0.1, 0.15) is 17.3 Å². The van der Waals surface area contributed by atoms with Crippen molar-refractivity contribution in [1.29, 1.82) is 0 Å². The van der Waals surface area contributed by atoms with Gasteiger partial charge in [-0.3, -0.25) is 4.79 Å². The molecule has 4 rings (SSSR count). The molecular weight excluding hydrogens is 332 g/mol. The Bertz CT molecular complexity index is 1080. The molecule has 3 nitrogen and oxygen atoms in total. The Balaban J connectivity index is 1.88. The van der Waals surface area contributed by atoms with Crippen molar-refractivity contribution in [1.82, 2.24) is 4.98 Å². The standard InChI is InChI=1S/C24H20N2O/c1-2-26(19-13-7-4-8-14-19)24(27)21-17-23(18-11-5-3-6-12-18)25-22-16-10-9-15-20(21)22/h3-17H,2H2,1H3. The van der Waals surface area contributed by atoms with E-state index in [4.69, 9.17) is 4.98 Å². The van der Waals surface area contributed by atoms with Crippen LogP contribution in [0.2, 0.25) is 0 Å². The largest absolute Gasteiger partial charge is 0.309 e. The number of pyridine rings is 1. The fourth-order valence-electron chi connectivity index (χ4n) is 3.31. The number of para-hydroxylation sites is 2. The number of carbonyl (C=O) groups is 1. The maximum Gasteiger partial charge on any atom is 0.259 e. The summed E-state index contributed by atoms with van der Waals surface area (Å²) in [4.78, 5) is 20.0. The normalized spacial score (nSPS) is 10.7. The maximum atomic E-state index is 13.5. The molecule has 3 heteroatoms. The van der Waals surface area contributed by atoms with E-state index < -0.39 is 0 Å². The number of hydrogen-bond acceptors (Lipinski definition) is 2. The summed E-state index contributed by atoms with van der Waals surface area (Å²) in [6.45, 7) is 2.59. The molecule has 4 aromatic rings. The molecule has 0 radical (unpaired) electrons. The number of carbonyl (C=O) groups excluding carboxylic acids is 1. The van der Waals surface area contributed by atoms with E-state index in [1.807, 2.05) is 97.9 Å². The van der Waals surface area contributed by atoms with E-state index in [0.717, 1.165) is 27.8 Å². The minimum atomic E-state index is -0.0144. The van der Waals surface area contributed by atoms with Gasteiger partial charge in [0.05, 0.1) is 16.8 Å². The van der Waals surface area contributed by atoms with E-state index in [0.29, 0.717) is 12.1 Å². The molecule has 0 bridgehead atoms. The van der Waals surface area contributed by atoms with Gasteiger partial charge in [0, 0.05) is 23.2 Å². The highest BCUT2D eigenvalue weighted by molar-refractivity contribution is 6.14. The fourth-order valence-corrected chi connectivity index (χ4v) is 3.31. The van der Waals surface area contributed by atoms with Gasteiger partial charge in [-0.05, 0) is 31.2 Å². The molecule has 0 aliphatic heterocycles. The zero-order valence-electron chi connectivity index (χ0n) is 15.2. The summed E-state index contributed by atoms with van der Waals surface area (Å²) in [6, 6.07) is 29.5. The molecule has 3 aromatic carbocycles. The van der Waals surface area contributed by atoms with Crippen molar-refractivity contribution in [2.45, 2.75) is 6.92 Å². The highest BCUT2D eigenvalue weighted by Crippen LogP contribution is 2.27. The minimum absolute atomic E-state index is 0.0144. The van der Waals surface area contributed by atoms with E-state index in [-0.39, 0.29) is 5.91 Å². The first kappa shape index (κ1) is 17.0. The molecular formula is C24H20N2O. The second kappa shape index (κ2) is 7.42. The van der Waals surface area contributed by atoms with Crippen molar-refractivity contribution in [3.63, 3.8) is 0 Å². The van der Waals surface area contributed by atoms with Crippen LogP contribution >= 0.6 is 0 Å². The summed E-state index contributed by atoms with van der Waals surface area (Å²) in [7, 11) is 0. The van der Waals surface area contributed by atoms with Gasteiger partial charge >= 0.3 is 0 Å². The number of hydrogen-bond donors (Lipinski definition) is 0. The van der Waals surface area contributed by atoms with Gasteiger partial charge in [-0.1, -0.05) is 66.7 Å². The molecule has 1 heterocycles. The average Bonchev–Trinajstić information content (AvgIpc) is 2.75. The second-order valence-corrected chi connectivity index (χ2v) is 6.32. The van der Waals surface area contributed by atoms with E-state index in [9.17, 15) is 4.79 Å². The lowest BCUT2D eigenvalue weighted by atomic mass is 10.0. The van der Waals surface area contributed by atoms with Crippen molar-refractivity contribution >= 4 is 22.5 Å². The SMILES string of the molecule is CCN(C(=O)c1cc(-c2ccccc2)nc2ccccc12)c1ccccc1. The van der Waals surface area contributed by atoms with Gasteiger partial charge in [-0.25, -0.2) is 4.98 Å². The van der Waals surface area contributed by atoms with E-state index in [1.54, 1.807) is 4.90 Å². The van der Waals surface area contributed by atoms with Crippen LogP contribution in [0, 0.1) is 0 Å². The molecule has 0 N–H and O–H groups in total. The van der Waals surface area contributed by atoms with Gasteiger partial charge in [-0.15, -0.1) is 0 Å². The third-order valence-electron chi connectivity index (χ3n) is 4.65. The monoisotopic (exact) mass is 352 g/mol. The number of nitrogens with zero attached hydrogens (tertiary/aromatic N) is 2. The number of amides is 1. The Morgan fingerprint density at radius 3 is 2.19 bits per heavy atom. The van der Waals surface area contributed by atoms with Gasteiger partial charge in [0.1, 0.15) is 0 Å². The molecule has 0 fully saturated rings. The topological polar surface area (TPSA) is 33.2 Å². The van der Waals surface area contributed by atoms with Crippen molar-refractivity contribution in [2.75, 3.05) is 11.4 Å². The third kappa shape index (κ3) is 3.32. The van der Waals surface area contributed by atoms with Crippen LogP contribution < -0.4 is 4.90 Å².